The number of carbonyl (C=O) groups is 4. The lowest BCUT2D eigenvalue weighted by Gasteiger charge is -2.47. The van der Waals surface area contributed by atoms with E-state index in [9.17, 15) is 34.5 Å². The molecule has 59 heavy (non-hydrogen) atoms. The molecule has 3 amide bonds. The molecule has 0 bridgehead atoms. The molecular formula is C47H89N3O9. The molecule has 0 aromatic rings. The summed E-state index contributed by atoms with van der Waals surface area (Å²) in [5.41, 5.74) is 0. The van der Waals surface area contributed by atoms with Gasteiger partial charge in [0.2, 0.25) is 17.7 Å². The van der Waals surface area contributed by atoms with Gasteiger partial charge >= 0.3 is 5.97 Å². The van der Waals surface area contributed by atoms with Crippen LogP contribution in [0.25, 0.3) is 0 Å². The molecular weight excluding hydrogens is 751 g/mol. The number of aliphatic hydroxyl groups excluding tert-OH is 3. The van der Waals surface area contributed by atoms with Gasteiger partial charge in [-0.05, 0) is 26.2 Å². The lowest BCUT2D eigenvalue weighted by molar-refractivity contribution is -0.231. The average Bonchev–Trinajstić information content (AvgIpc) is 3.22. The third-order valence-corrected chi connectivity index (χ3v) is 12.1. The smallest absolute Gasteiger partial charge is 0.306 e. The third kappa shape index (κ3) is 25.3. The molecule has 1 saturated heterocycles. The van der Waals surface area contributed by atoms with Crippen molar-refractivity contribution in [3.8, 4) is 0 Å². The highest BCUT2D eigenvalue weighted by atomic mass is 16.5. The van der Waals surface area contributed by atoms with Crippen LogP contribution < -0.4 is 10.6 Å². The minimum atomic E-state index is -1.56. The number of carbonyl (C=O) groups excluding carboxylic acids is 3. The lowest BCUT2D eigenvalue weighted by Crippen LogP contribution is -2.69. The van der Waals surface area contributed by atoms with E-state index in [4.69, 9.17) is 9.84 Å². The van der Waals surface area contributed by atoms with E-state index in [0.717, 1.165) is 38.5 Å². The zero-order valence-electron chi connectivity index (χ0n) is 37.9. The van der Waals surface area contributed by atoms with Crippen LogP contribution in [0.1, 0.15) is 220 Å². The first kappa shape index (κ1) is 54.7. The van der Waals surface area contributed by atoms with Crippen molar-refractivity contribution in [1.82, 2.24) is 15.5 Å². The number of hydrogen-bond donors (Lipinski definition) is 6. The molecule has 0 aliphatic carbocycles. The molecule has 7 atom stereocenters. The molecule has 1 unspecified atom stereocenters. The van der Waals surface area contributed by atoms with Gasteiger partial charge in [0.25, 0.3) is 0 Å². The fourth-order valence-corrected chi connectivity index (χ4v) is 7.97. The Morgan fingerprint density at radius 3 is 1.46 bits per heavy atom. The van der Waals surface area contributed by atoms with Crippen molar-refractivity contribution in [3.63, 3.8) is 0 Å². The standard InChI is InChI=1S/C47H89N3O9/c1-5-7-9-11-13-15-17-19-20-21-22-24-26-28-30-32-41(53)50(35-31-29-27-25-23-18-16-14-12-10-8-6-2)46-42(44(55)43(54)39(36-51)59-46)49-45(56)38(4)48-40(52)34-33-37(3)47(57)58/h37-39,42-44,46,51,54-55H,5-36H2,1-4H3,(H,48,52)(H,49,56)(H,57,58)/t37?,38-,39+,42+,43+,44+,46+/m0/s1. The van der Waals surface area contributed by atoms with Crippen molar-refractivity contribution in [3.05, 3.63) is 0 Å². The molecule has 1 fully saturated rings. The second kappa shape index (κ2) is 35.3. The highest BCUT2D eigenvalue weighted by Gasteiger charge is 2.48. The van der Waals surface area contributed by atoms with Crippen LogP contribution in [-0.4, -0.2) is 98.8 Å². The summed E-state index contributed by atoms with van der Waals surface area (Å²) in [6.45, 7) is 7.21. The van der Waals surface area contributed by atoms with Gasteiger partial charge in [-0.3, -0.25) is 19.2 Å². The predicted molar refractivity (Wildman–Crippen MR) is 236 cm³/mol. The summed E-state index contributed by atoms with van der Waals surface area (Å²) in [7, 11) is 0. The second-order valence-corrected chi connectivity index (χ2v) is 17.5. The van der Waals surface area contributed by atoms with Gasteiger partial charge in [0.1, 0.15) is 30.4 Å². The van der Waals surface area contributed by atoms with Crippen LogP contribution in [0.15, 0.2) is 0 Å². The minimum Gasteiger partial charge on any atom is -0.481 e. The number of rotatable bonds is 38. The Morgan fingerprint density at radius 2 is 1.03 bits per heavy atom. The molecule has 12 heteroatoms. The maximum Gasteiger partial charge on any atom is 0.306 e. The van der Waals surface area contributed by atoms with Gasteiger partial charge in [-0.1, -0.05) is 181 Å². The Morgan fingerprint density at radius 1 is 0.610 bits per heavy atom. The summed E-state index contributed by atoms with van der Waals surface area (Å²) in [6.07, 6.45) is 27.1. The number of unbranched alkanes of at least 4 members (excludes halogenated alkanes) is 25. The van der Waals surface area contributed by atoms with Crippen molar-refractivity contribution in [2.24, 2.45) is 5.92 Å². The van der Waals surface area contributed by atoms with E-state index in [1.54, 1.807) is 4.90 Å². The summed E-state index contributed by atoms with van der Waals surface area (Å²) in [4.78, 5) is 52.7. The van der Waals surface area contributed by atoms with Crippen LogP contribution >= 0.6 is 0 Å². The zero-order valence-corrected chi connectivity index (χ0v) is 37.9. The van der Waals surface area contributed by atoms with Crippen LogP contribution in [0.3, 0.4) is 0 Å². The van der Waals surface area contributed by atoms with Crippen LogP contribution in [-0.2, 0) is 23.9 Å². The molecule has 1 rings (SSSR count). The molecule has 0 aromatic carbocycles. The molecule has 346 valence electrons. The number of hydrogen-bond acceptors (Lipinski definition) is 8. The molecule has 0 aromatic heterocycles. The molecule has 1 heterocycles. The number of carboxylic acid groups (broad SMARTS) is 1. The molecule has 12 nitrogen and oxygen atoms in total. The van der Waals surface area contributed by atoms with Crippen LogP contribution in [0.4, 0.5) is 0 Å². The Bertz CT molecular complexity index is 1090. The fourth-order valence-electron chi connectivity index (χ4n) is 7.97. The first-order chi connectivity index (χ1) is 28.5. The number of amides is 3. The molecule has 6 N–H and O–H groups in total. The first-order valence-corrected chi connectivity index (χ1v) is 24.2. The maximum atomic E-state index is 14.0. The molecule has 1 aliphatic heterocycles. The second-order valence-electron chi connectivity index (χ2n) is 17.5. The maximum absolute atomic E-state index is 14.0. The average molecular weight is 840 g/mol. The number of aliphatic carboxylic acids is 1. The predicted octanol–water partition coefficient (Wildman–Crippen LogP) is 8.71. The SMILES string of the molecule is CCCCCCCCCCCCCCCCCC(=O)N(CCCCCCCCCCCCCC)[C@@H]1O[C@H](CO)[C@@H](O)[C@H](O)[C@H]1NC(=O)[C@H](C)NC(=O)CCC(C)C(=O)O. The minimum absolute atomic E-state index is 0.0829. The van der Waals surface area contributed by atoms with Crippen molar-refractivity contribution in [2.75, 3.05) is 13.2 Å². The van der Waals surface area contributed by atoms with Crippen molar-refractivity contribution in [1.29, 1.82) is 0 Å². The van der Waals surface area contributed by atoms with Gasteiger partial charge in [0.15, 0.2) is 6.23 Å². The van der Waals surface area contributed by atoms with E-state index in [1.807, 2.05) is 0 Å². The normalized spacial score (nSPS) is 20.2. The van der Waals surface area contributed by atoms with Crippen LogP contribution in [0, 0.1) is 5.92 Å². The van der Waals surface area contributed by atoms with Gasteiger partial charge in [-0.25, -0.2) is 0 Å². The third-order valence-electron chi connectivity index (χ3n) is 12.1. The molecule has 0 saturated carbocycles. The van der Waals surface area contributed by atoms with Crippen molar-refractivity contribution >= 4 is 23.7 Å². The summed E-state index contributed by atoms with van der Waals surface area (Å²) in [6, 6.07) is -2.28. The molecule has 0 radical (unpaired) electrons. The van der Waals surface area contributed by atoms with Gasteiger partial charge in [-0.15, -0.1) is 0 Å². The first-order valence-electron chi connectivity index (χ1n) is 24.2. The van der Waals surface area contributed by atoms with Crippen molar-refractivity contribution in [2.45, 2.75) is 257 Å². The quantitative estimate of drug-likeness (QED) is 0.0331. The van der Waals surface area contributed by atoms with Crippen LogP contribution in [0.2, 0.25) is 0 Å². The number of ether oxygens (including phenoxy) is 1. The highest BCUT2D eigenvalue weighted by molar-refractivity contribution is 5.87. The van der Waals surface area contributed by atoms with E-state index in [2.05, 4.69) is 24.5 Å². The molecule has 0 spiro atoms. The highest BCUT2D eigenvalue weighted by Crippen LogP contribution is 2.26. The molecule has 1 aliphatic rings. The Hall–Kier alpha value is -2.28. The van der Waals surface area contributed by atoms with Gasteiger partial charge < -0.3 is 40.7 Å². The van der Waals surface area contributed by atoms with Crippen LogP contribution in [0.5, 0.6) is 0 Å². The Balaban J connectivity index is 2.83. The zero-order chi connectivity index (χ0) is 43.7. The van der Waals surface area contributed by atoms with E-state index in [-0.39, 0.29) is 25.2 Å². The largest absolute Gasteiger partial charge is 0.481 e. The van der Waals surface area contributed by atoms with Gasteiger partial charge in [-0.2, -0.15) is 0 Å². The number of aliphatic hydroxyl groups is 3. The fraction of sp³-hybridized carbons (Fsp3) is 0.915. The summed E-state index contributed by atoms with van der Waals surface area (Å²) < 4.78 is 6.14. The summed E-state index contributed by atoms with van der Waals surface area (Å²) >= 11 is 0. The monoisotopic (exact) mass is 840 g/mol. The van der Waals surface area contributed by atoms with Gasteiger partial charge in [0.05, 0.1) is 12.5 Å². The topological polar surface area (TPSA) is 186 Å². The van der Waals surface area contributed by atoms with Gasteiger partial charge in [0, 0.05) is 19.4 Å². The number of nitrogens with one attached hydrogen (secondary N) is 2. The summed E-state index contributed by atoms with van der Waals surface area (Å²) in [5, 5.41) is 46.7. The number of carboxylic acids is 1. The Kier molecular flexibility index (Phi) is 32.8. The lowest BCUT2D eigenvalue weighted by atomic mass is 9.94. The summed E-state index contributed by atoms with van der Waals surface area (Å²) in [5.74, 6) is -3.05. The Labute approximate surface area is 358 Å². The van der Waals surface area contributed by atoms with E-state index >= 15 is 0 Å². The van der Waals surface area contributed by atoms with E-state index in [0.29, 0.717) is 19.4 Å². The van der Waals surface area contributed by atoms with E-state index < -0.39 is 66.9 Å². The van der Waals surface area contributed by atoms with E-state index in [1.165, 1.54) is 136 Å². The van der Waals surface area contributed by atoms with Crippen molar-refractivity contribution < 1.29 is 44.3 Å². The number of nitrogens with zero attached hydrogens (tertiary/aromatic N) is 1.